The van der Waals surface area contributed by atoms with Crippen LogP contribution < -0.4 is 4.74 Å². The van der Waals surface area contributed by atoms with Crippen LogP contribution in [0.3, 0.4) is 0 Å². The number of Topliss-reactive ketones (excluding diaryl/α,β-unsaturated/α-hetero) is 1. The number of piperidine rings is 1. The molecule has 0 N–H and O–H groups in total. The fourth-order valence-electron chi connectivity index (χ4n) is 4.33. The van der Waals surface area contributed by atoms with E-state index < -0.39 is 5.60 Å². The molecule has 30 heavy (non-hydrogen) atoms. The standard InChI is InChI=1S/C24H23Cl2NO3/c1-15-11-16(2)23-20(28)14-24(30-21(23)12-15)7-9-27(10-8-24)22(29)6-4-17-3-5-18(25)13-19(17)26/h3-6,11-13H,7-10,14H2,1-2H3/b6-4+. The van der Waals surface area contributed by atoms with Crippen LogP contribution in [0.5, 0.6) is 5.75 Å². The van der Waals surface area contributed by atoms with Crippen LogP contribution in [-0.2, 0) is 4.79 Å². The molecule has 1 fully saturated rings. The number of fused-ring (bicyclic) bond motifs is 1. The first kappa shape index (κ1) is 21.0. The van der Waals surface area contributed by atoms with Gasteiger partial charge in [0.25, 0.3) is 0 Å². The van der Waals surface area contributed by atoms with Crippen molar-refractivity contribution in [1.29, 1.82) is 0 Å². The zero-order valence-electron chi connectivity index (χ0n) is 17.0. The number of ketones is 1. The lowest BCUT2D eigenvalue weighted by atomic mass is 9.81. The number of hydrogen-bond donors (Lipinski definition) is 0. The second kappa shape index (κ2) is 8.09. The van der Waals surface area contributed by atoms with Crippen LogP contribution in [0, 0.1) is 13.8 Å². The highest BCUT2D eigenvalue weighted by molar-refractivity contribution is 6.35. The second-order valence-electron chi connectivity index (χ2n) is 8.16. The summed E-state index contributed by atoms with van der Waals surface area (Å²) in [5.41, 5.74) is 2.96. The molecule has 0 atom stereocenters. The number of ether oxygens (including phenoxy) is 1. The molecule has 2 aliphatic rings. The number of aryl methyl sites for hydroxylation is 2. The minimum atomic E-state index is -0.524. The largest absolute Gasteiger partial charge is 0.486 e. The van der Waals surface area contributed by atoms with Crippen molar-refractivity contribution in [3.63, 3.8) is 0 Å². The van der Waals surface area contributed by atoms with Gasteiger partial charge in [-0.25, -0.2) is 0 Å². The lowest BCUT2D eigenvalue weighted by Crippen LogP contribution is -2.52. The molecule has 0 saturated carbocycles. The molecule has 0 bridgehead atoms. The first-order valence-electron chi connectivity index (χ1n) is 10.0. The van der Waals surface area contributed by atoms with Gasteiger partial charge in [-0.15, -0.1) is 0 Å². The smallest absolute Gasteiger partial charge is 0.246 e. The average Bonchev–Trinajstić information content (AvgIpc) is 2.66. The Morgan fingerprint density at radius 3 is 2.57 bits per heavy atom. The maximum atomic E-state index is 12.8. The average molecular weight is 444 g/mol. The Labute approximate surface area is 186 Å². The highest BCUT2D eigenvalue weighted by Crippen LogP contribution is 2.41. The highest BCUT2D eigenvalue weighted by atomic mass is 35.5. The van der Waals surface area contributed by atoms with Crippen molar-refractivity contribution in [3.8, 4) is 5.75 Å². The number of carbonyl (C=O) groups is 2. The molecule has 1 amide bonds. The normalized spacial score (nSPS) is 17.9. The number of carbonyl (C=O) groups excluding carboxylic acids is 2. The number of nitrogens with zero attached hydrogens (tertiary/aromatic N) is 1. The third kappa shape index (κ3) is 4.12. The fraction of sp³-hybridized carbons (Fsp3) is 0.333. The van der Waals surface area contributed by atoms with E-state index in [0.717, 1.165) is 16.7 Å². The quantitative estimate of drug-likeness (QED) is 0.563. The van der Waals surface area contributed by atoms with Crippen LogP contribution >= 0.6 is 23.2 Å². The maximum absolute atomic E-state index is 12.8. The Morgan fingerprint density at radius 1 is 1.13 bits per heavy atom. The minimum absolute atomic E-state index is 0.0786. The van der Waals surface area contributed by atoms with Gasteiger partial charge in [-0.1, -0.05) is 35.3 Å². The van der Waals surface area contributed by atoms with Crippen LogP contribution in [-0.4, -0.2) is 35.3 Å². The summed E-state index contributed by atoms with van der Waals surface area (Å²) in [6.45, 7) is 5.05. The van der Waals surface area contributed by atoms with Gasteiger partial charge in [0.1, 0.15) is 11.4 Å². The molecule has 0 radical (unpaired) electrons. The molecule has 4 nitrogen and oxygen atoms in total. The van der Waals surface area contributed by atoms with Crippen LogP contribution in [0.15, 0.2) is 36.4 Å². The third-order valence-electron chi connectivity index (χ3n) is 5.89. The second-order valence-corrected chi connectivity index (χ2v) is 9.01. The molecule has 0 unspecified atom stereocenters. The van der Waals surface area contributed by atoms with Crippen LogP contribution in [0.4, 0.5) is 0 Å². The monoisotopic (exact) mass is 443 g/mol. The van der Waals surface area contributed by atoms with Gasteiger partial charge in [0.15, 0.2) is 5.78 Å². The Kier molecular flexibility index (Phi) is 5.65. The Balaban J connectivity index is 1.44. The van der Waals surface area contributed by atoms with Gasteiger partial charge in [-0.2, -0.15) is 0 Å². The van der Waals surface area contributed by atoms with Crippen LogP contribution in [0.25, 0.3) is 6.08 Å². The molecule has 2 aromatic rings. The lowest BCUT2D eigenvalue weighted by Gasteiger charge is -2.44. The summed E-state index contributed by atoms with van der Waals surface area (Å²) in [7, 11) is 0. The molecular weight excluding hydrogens is 421 g/mol. The van der Waals surface area contributed by atoms with E-state index >= 15 is 0 Å². The summed E-state index contributed by atoms with van der Waals surface area (Å²) in [5.74, 6) is 0.733. The first-order valence-corrected chi connectivity index (χ1v) is 10.8. The Bertz CT molecular complexity index is 1050. The summed E-state index contributed by atoms with van der Waals surface area (Å²) >= 11 is 12.1. The SMILES string of the molecule is Cc1cc(C)c2c(c1)OC1(CCN(C(=O)/C=C/c3ccc(Cl)cc3Cl)CC1)CC2=O. The molecule has 0 aromatic heterocycles. The number of halogens is 2. The predicted molar refractivity (Wildman–Crippen MR) is 120 cm³/mol. The van der Waals surface area contributed by atoms with Gasteiger partial charge in [0, 0.05) is 42.1 Å². The van der Waals surface area contributed by atoms with Crippen molar-refractivity contribution in [2.75, 3.05) is 13.1 Å². The topological polar surface area (TPSA) is 46.6 Å². The van der Waals surface area contributed by atoms with E-state index in [1.807, 2.05) is 26.0 Å². The summed E-state index contributed by atoms with van der Waals surface area (Å²) < 4.78 is 6.37. The first-order chi connectivity index (χ1) is 14.3. The van der Waals surface area contributed by atoms with Crippen molar-refractivity contribution < 1.29 is 14.3 Å². The van der Waals surface area contributed by atoms with E-state index in [1.54, 1.807) is 29.2 Å². The van der Waals surface area contributed by atoms with E-state index in [4.69, 9.17) is 27.9 Å². The van der Waals surface area contributed by atoms with Crippen molar-refractivity contribution in [3.05, 3.63) is 68.7 Å². The van der Waals surface area contributed by atoms with Crippen molar-refractivity contribution >= 4 is 41.0 Å². The number of amides is 1. The zero-order valence-corrected chi connectivity index (χ0v) is 18.5. The number of benzene rings is 2. The fourth-order valence-corrected chi connectivity index (χ4v) is 4.80. The summed E-state index contributed by atoms with van der Waals surface area (Å²) in [5, 5.41) is 1.06. The van der Waals surface area contributed by atoms with Gasteiger partial charge in [-0.3, -0.25) is 9.59 Å². The number of hydrogen-bond acceptors (Lipinski definition) is 3. The molecular formula is C24H23Cl2NO3. The van der Waals surface area contributed by atoms with E-state index in [-0.39, 0.29) is 11.7 Å². The highest BCUT2D eigenvalue weighted by Gasteiger charge is 2.43. The van der Waals surface area contributed by atoms with Crippen molar-refractivity contribution in [2.45, 2.75) is 38.7 Å². The lowest BCUT2D eigenvalue weighted by molar-refractivity contribution is -0.129. The molecule has 2 aliphatic heterocycles. The summed E-state index contributed by atoms with van der Waals surface area (Å²) in [4.78, 5) is 27.3. The molecule has 156 valence electrons. The Morgan fingerprint density at radius 2 is 1.87 bits per heavy atom. The third-order valence-corrected chi connectivity index (χ3v) is 6.45. The van der Waals surface area contributed by atoms with E-state index in [1.165, 1.54) is 6.08 Å². The molecule has 2 heterocycles. The van der Waals surface area contributed by atoms with Gasteiger partial charge in [0.2, 0.25) is 5.91 Å². The number of likely N-dealkylation sites (tertiary alicyclic amines) is 1. The molecule has 4 rings (SSSR count). The zero-order chi connectivity index (χ0) is 21.5. The predicted octanol–water partition coefficient (Wildman–Crippen LogP) is 5.65. The summed E-state index contributed by atoms with van der Waals surface area (Å²) in [6, 6.07) is 9.12. The van der Waals surface area contributed by atoms with Crippen molar-refractivity contribution in [2.24, 2.45) is 0 Å². The molecule has 1 saturated heterocycles. The van der Waals surface area contributed by atoms with Crippen LogP contribution in [0.1, 0.15) is 46.3 Å². The van der Waals surface area contributed by atoms with Crippen LogP contribution in [0.2, 0.25) is 10.0 Å². The summed E-state index contributed by atoms with van der Waals surface area (Å²) in [6.07, 6.45) is 4.86. The number of rotatable bonds is 2. The van der Waals surface area contributed by atoms with E-state index in [9.17, 15) is 9.59 Å². The minimum Gasteiger partial charge on any atom is -0.486 e. The molecule has 6 heteroatoms. The van der Waals surface area contributed by atoms with Gasteiger partial charge in [0.05, 0.1) is 12.0 Å². The molecule has 0 aliphatic carbocycles. The molecule has 2 aromatic carbocycles. The van der Waals surface area contributed by atoms with Crippen molar-refractivity contribution in [1.82, 2.24) is 4.90 Å². The van der Waals surface area contributed by atoms with E-state index in [2.05, 4.69) is 0 Å². The maximum Gasteiger partial charge on any atom is 0.246 e. The van der Waals surface area contributed by atoms with Gasteiger partial charge >= 0.3 is 0 Å². The molecule has 1 spiro atoms. The Hall–Kier alpha value is -2.30. The van der Waals surface area contributed by atoms with Gasteiger partial charge < -0.3 is 9.64 Å². The van der Waals surface area contributed by atoms with E-state index in [0.29, 0.717) is 53.7 Å². The van der Waals surface area contributed by atoms with Gasteiger partial charge in [-0.05, 0) is 54.8 Å².